The smallest absolute Gasteiger partial charge is 0.257 e. The van der Waals surface area contributed by atoms with E-state index in [0.29, 0.717) is 38.2 Å². The molecule has 1 aliphatic heterocycles. The summed E-state index contributed by atoms with van der Waals surface area (Å²) in [7, 11) is -3.52. The number of aromatic nitrogens is 1. The monoisotopic (exact) mass is 501 g/mol. The van der Waals surface area contributed by atoms with Gasteiger partial charge in [-0.15, -0.1) is 22.7 Å². The molecule has 0 aliphatic carbocycles. The van der Waals surface area contributed by atoms with Gasteiger partial charge in [0.1, 0.15) is 4.34 Å². The van der Waals surface area contributed by atoms with Crippen molar-refractivity contribution in [3.05, 3.63) is 49.9 Å². The number of nitrogens with one attached hydrogen (secondary N) is 1. The summed E-state index contributed by atoms with van der Waals surface area (Å²) in [6, 6.07) is 7.70. The van der Waals surface area contributed by atoms with Gasteiger partial charge in [-0.3, -0.25) is 10.1 Å². The van der Waals surface area contributed by atoms with Crippen LogP contribution in [0, 0.1) is 0 Å². The molecule has 0 unspecified atom stereocenters. The second-order valence-electron chi connectivity index (χ2n) is 6.72. The Hall–Kier alpha value is -1.49. The number of thiazole rings is 1. The molecule has 0 atom stereocenters. The lowest BCUT2D eigenvalue weighted by atomic mass is 10.2. The van der Waals surface area contributed by atoms with E-state index < -0.39 is 10.0 Å². The Kier molecular flexibility index (Phi) is 6.47. The van der Waals surface area contributed by atoms with Gasteiger partial charge in [0.25, 0.3) is 5.91 Å². The second kappa shape index (κ2) is 8.94. The Labute approximate surface area is 192 Å². The Morgan fingerprint density at radius 3 is 2.43 bits per heavy atom. The molecule has 30 heavy (non-hydrogen) atoms. The van der Waals surface area contributed by atoms with E-state index in [1.807, 2.05) is 0 Å². The molecule has 1 N–H and O–H groups in total. The molecule has 2 aromatic heterocycles. The van der Waals surface area contributed by atoms with Crippen LogP contribution >= 0.6 is 45.9 Å². The zero-order valence-corrected chi connectivity index (χ0v) is 19.6. The van der Waals surface area contributed by atoms with Crippen LogP contribution < -0.4 is 5.32 Å². The molecule has 1 amide bonds. The van der Waals surface area contributed by atoms with Crippen molar-refractivity contribution < 1.29 is 13.2 Å². The van der Waals surface area contributed by atoms with Crippen molar-refractivity contribution in [2.45, 2.75) is 24.2 Å². The Bertz CT molecular complexity index is 1170. The topological polar surface area (TPSA) is 79.4 Å². The summed E-state index contributed by atoms with van der Waals surface area (Å²) in [5.74, 6) is -0.368. The molecule has 1 fully saturated rings. The van der Waals surface area contributed by atoms with Crippen LogP contribution in [0.5, 0.6) is 0 Å². The maximum Gasteiger partial charge on any atom is 0.257 e. The van der Waals surface area contributed by atoms with Gasteiger partial charge in [0.05, 0.1) is 14.9 Å². The fraction of sp³-hybridized carbons (Fsp3) is 0.263. The number of rotatable bonds is 5. The van der Waals surface area contributed by atoms with Gasteiger partial charge in [0.2, 0.25) is 10.0 Å². The first-order chi connectivity index (χ1) is 14.3. The second-order valence-corrected chi connectivity index (χ2v) is 11.8. The summed E-state index contributed by atoms with van der Waals surface area (Å²) in [6.45, 7) is 1.08. The molecule has 3 heterocycles. The summed E-state index contributed by atoms with van der Waals surface area (Å²) < 4.78 is 28.1. The van der Waals surface area contributed by atoms with E-state index in [4.69, 9.17) is 23.2 Å². The van der Waals surface area contributed by atoms with Crippen LogP contribution in [0.15, 0.2) is 40.6 Å². The molecule has 1 aliphatic rings. The minimum atomic E-state index is -3.52. The molecule has 0 bridgehead atoms. The first-order valence-corrected chi connectivity index (χ1v) is 13.1. The normalized spacial score (nSPS) is 15.3. The summed E-state index contributed by atoms with van der Waals surface area (Å²) in [4.78, 5) is 17.1. The van der Waals surface area contributed by atoms with E-state index in [-0.39, 0.29) is 10.8 Å². The highest BCUT2D eigenvalue weighted by molar-refractivity contribution is 7.89. The zero-order valence-electron chi connectivity index (χ0n) is 15.6. The molecule has 11 heteroatoms. The van der Waals surface area contributed by atoms with E-state index in [1.165, 1.54) is 51.2 Å². The summed E-state index contributed by atoms with van der Waals surface area (Å²) in [5, 5.41) is 4.93. The van der Waals surface area contributed by atoms with Crippen molar-refractivity contribution in [2.24, 2.45) is 0 Å². The molecule has 0 radical (unpaired) electrons. The number of carbonyl (C=O) groups is 1. The highest BCUT2D eigenvalue weighted by Gasteiger charge is 2.26. The maximum absolute atomic E-state index is 12.7. The van der Waals surface area contributed by atoms with Crippen molar-refractivity contribution in [3.8, 4) is 11.3 Å². The minimum Gasteiger partial charge on any atom is -0.298 e. The Morgan fingerprint density at radius 1 is 1.10 bits per heavy atom. The fourth-order valence-corrected chi connectivity index (χ4v) is 6.88. The van der Waals surface area contributed by atoms with E-state index in [0.717, 1.165) is 24.8 Å². The third kappa shape index (κ3) is 4.56. The number of nitrogens with zero attached hydrogens (tertiary/aromatic N) is 2. The average molecular weight is 502 g/mol. The van der Waals surface area contributed by atoms with E-state index in [2.05, 4.69) is 10.3 Å². The van der Waals surface area contributed by atoms with Gasteiger partial charge >= 0.3 is 0 Å². The van der Waals surface area contributed by atoms with Crippen LogP contribution in [-0.4, -0.2) is 36.7 Å². The van der Waals surface area contributed by atoms with Crippen molar-refractivity contribution in [3.63, 3.8) is 0 Å². The molecule has 158 valence electrons. The zero-order chi connectivity index (χ0) is 21.3. The number of hydrogen-bond donors (Lipinski definition) is 1. The largest absolute Gasteiger partial charge is 0.298 e. The standard InChI is InChI=1S/C19H17Cl2N3O3S3/c20-16-10-14(17(21)29-16)15-11-28-19(22-15)23-18(25)12-4-6-13(7-5-12)30(26,27)24-8-2-1-3-9-24/h4-7,10-11H,1-3,8-9H2,(H,22,23,25). The lowest BCUT2D eigenvalue weighted by Crippen LogP contribution is -2.35. The van der Waals surface area contributed by atoms with Gasteiger partial charge in [0, 0.05) is 29.6 Å². The fourth-order valence-electron chi connectivity index (χ4n) is 3.17. The van der Waals surface area contributed by atoms with Crippen molar-refractivity contribution in [1.29, 1.82) is 0 Å². The molecule has 0 spiro atoms. The van der Waals surface area contributed by atoms with Crippen LogP contribution in [0.2, 0.25) is 8.67 Å². The van der Waals surface area contributed by atoms with Gasteiger partial charge in [-0.2, -0.15) is 4.31 Å². The van der Waals surface area contributed by atoms with Gasteiger partial charge in [0.15, 0.2) is 5.13 Å². The van der Waals surface area contributed by atoms with Crippen LogP contribution in [0.1, 0.15) is 29.6 Å². The number of halogens is 2. The van der Waals surface area contributed by atoms with E-state index >= 15 is 0 Å². The highest BCUT2D eigenvalue weighted by Crippen LogP contribution is 2.39. The van der Waals surface area contributed by atoms with Crippen LogP contribution in [0.3, 0.4) is 0 Å². The molecule has 3 aromatic rings. The molecular formula is C19H17Cl2N3O3S3. The van der Waals surface area contributed by atoms with Gasteiger partial charge in [-0.05, 0) is 43.2 Å². The number of piperidine rings is 1. The predicted molar refractivity (Wildman–Crippen MR) is 122 cm³/mol. The van der Waals surface area contributed by atoms with E-state index in [1.54, 1.807) is 11.4 Å². The molecule has 0 saturated carbocycles. The van der Waals surface area contributed by atoms with Crippen LogP contribution in [0.25, 0.3) is 11.3 Å². The quantitative estimate of drug-likeness (QED) is 0.492. The van der Waals surface area contributed by atoms with Crippen LogP contribution in [-0.2, 0) is 10.0 Å². The average Bonchev–Trinajstić information content (AvgIpc) is 3.34. The molecule has 4 rings (SSSR count). The number of benzene rings is 1. The third-order valence-corrected chi connectivity index (χ3v) is 8.88. The lowest BCUT2D eigenvalue weighted by Gasteiger charge is -2.25. The van der Waals surface area contributed by atoms with Gasteiger partial charge in [-0.25, -0.2) is 13.4 Å². The number of thiophene rings is 1. The lowest BCUT2D eigenvalue weighted by molar-refractivity contribution is 0.102. The number of amides is 1. The first kappa shape index (κ1) is 21.7. The molecule has 6 nitrogen and oxygen atoms in total. The Balaban J connectivity index is 1.46. The summed E-state index contributed by atoms with van der Waals surface area (Å²) in [6.07, 6.45) is 2.80. The number of sulfonamides is 1. The predicted octanol–water partition coefficient (Wildman–Crippen LogP) is 5.61. The van der Waals surface area contributed by atoms with Crippen LogP contribution in [0.4, 0.5) is 5.13 Å². The van der Waals surface area contributed by atoms with E-state index in [9.17, 15) is 13.2 Å². The minimum absolute atomic E-state index is 0.196. The van der Waals surface area contributed by atoms with Crippen molar-refractivity contribution in [1.82, 2.24) is 9.29 Å². The highest BCUT2D eigenvalue weighted by atomic mass is 35.5. The Morgan fingerprint density at radius 2 is 1.80 bits per heavy atom. The molecule has 1 aromatic carbocycles. The third-order valence-electron chi connectivity index (χ3n) is 4.73. The van der Waals surface area contributed by atoms with Crippen molar-refractivity contribution in [2.75, 3.05) is 18.4 Å². The SMILES string of the molecule is O=C(Nc1nc(-c2cc(Cl)sc2Cl)cs1)c1ccc(S(=O)(=O)N2CCCCC2)cc1. The summed E-state index contributed by atoms with van der Waals surface area (Å²) >= 11 is 14.7. The van der Waals surface area contributed by atoms with Gasteiger partial charge < -0.3 is 0 Å². The number of anilines is 1. The van der Waals surface area contributed by atoms with Gasteiger partial charge in [-0.1, -0.05) is 29.6 Å². The molecular weight excluding hydrogens is 485 g/mol. The first-order valence-electron chi connectivity index (χ1n) is 9.17. The number of hydrogen-bond acceptors (Lipinski definition) is 6. The van der Waals surface area contributed by atoms with Crippen molar-refractivity contribution >= 4 is 66.9 Å². The number of carbonyl (C=O) groups excluding carboxylic acids is 1. The summed E-state index contributed by atoms with van der Waals surface area (Å²) in [5.41, 5.74) is 1.70. The maximum atomic E-state index is 12.7. The molecule has 1 saturated heterocycles.